The minimum atomic E-state index is -0.484. The van der Waals surface area contributed by atoms with Gasteiger partial charge in [0, 0.05) is 18.9 Å². The number of benzene rings is 2. The summed E-state index contributed by atoms with van der Waals surface area (Å²) in [5.41, 5.74) is 2.35. The average Bonchev–Trinajstić information content (AvgIpc) is 3.20. The van der Waals surface area contributed by atoms with Gasteiger partial charge in [0.2, 0.25) is 0 Å². The lowest BCUT2D eigenvalue weighted by molar-refractivity contribution is -0.384. The first kappa shape index (κ1) is 16.6. The molecular formula is C18H15N5O4. The van der Waals surface area contributed by atoms with Crippen LogP contribution in [-0.2, 0) is 11.3 Å². The number of nitrogens with zero attached hydrogens (tertiary/aromatic N) is 3. The molecule has 1 aromatic heterocycles. The maximum Gasteiger partial charge on any atom is 0.296 e. The Morgan fingerprint density at radius 3 is 2.93 bits per heavy atom. The molecule has 1 aliphatic rings. The average molecular weight is 365 g/mol. The highest BCUT2D eigenvalue weighted by Crippen LogP contribution is 2.38. The van der Waals surface area contributed by atoms with Crippen molar-refractivity contribution in [1.29, 1.82) is 0 Å². The van der Waals surface area contributed by atoms with E-state index in [4.69, 9.17) is 4.74 Å². The summed E-state index contributed by atoms with van der Waals surface area (Å²) < 4.78 is 6.99. The number of rotatable bonds is 5. The van der Waals surface area contributed by atoms with Crippen molar-refractivity contribution in [2.45, 2.75) is 6.54 Å². The van der Waals surface area contributed by atoms with Gasteiger partial charge < -0.3 is 15.4 Å². The lowest BCUT2D eigenvalue weighted by atomic mass is 10.1. The molecule has 0 spiro atoms. The molecule has 2 N–H and O–H groups in total. The number of anilines is 2. The van der Waals surface area contributed by atoms with Crippen LogP contribution in [0.25, 0.3) is 5.69 Å². The van der Waals surface area contributed by atoms with Gasteiger partial charge in [-0.2, -0.15) is 5.10 Å². The molecule has 1 amide bonds. The molecule has 0 unspecified atom stereocenters. The van der Waals surface area contributed by atoms with E-state index in [0.29, 0.717) is 17.9 Å². The van der Waals surface area contributed by atoms with Crippen molar-refractivity contribution in [3.8, 4) is 11.4 Å². The number of para-hydroxylation sites is 1. The summed E-state index contributed by atoms with van der Waals surface area (Å²) in [4.78, 5) is 22.5. The molecule has 0 saturated heterocycles. The first-order valence-corrected chi connectivity index (χ1v) is 8.19. The van der Waals surface area contributed by atoms with Crippen molar-refractivity contribution in [1.82, 2.24) is 9.78 Å². The van der Waals surface area contributed by atoms with E-state index in [1.807, 2.05) is 36.5 Å². The summed E-state index contributed by atoms with van der Waals surface area (Å²) in [6.45, 7) is 0.179. The van der Waals surface area contributed by atoms with Crippen LogP contribution in [0.1, 0.15) is 5.56 Å². The number of nitro benzene ring substituents is 1. The number of carbonyl (C=O) groups is 1. The summed E-state index contributed by atoms with van der Waals surface area (Å²) in [6.07, 6.45) is 3.51. The third-order valence-corrected chi connectivity index (χ3v) is 4.14. The van der Waals surface area contributed by atoms with Gasteiger partial charge in [-0.25, -0.2) is 4.68 Å². The number of fused-ring (bicyclic) bond motifs is 1. The number of ether oxygens (including phenoxy) is 1. The summed E-state index contributed by atoms with van der Waals surface area (Å²) in [6, 6.07) is 12.3. The minimum absolute atomic E-state index is 0.124. The highest BCUT2D eigenvalue weighted by molar-refractivity contribution is 5.96. The van der Waals surface area contributed by atoms with Crippen molar-refractivity contribution in [3.63, 3.8) is 0 Å². The van der Waals surface area contributed by atoms with Gasteiger partial charge in [0.25, 0.3) is 11.6 Å². The molecule has 0 fully saturated rings. The number of amides is 1. The van der Waals surface area contributed by atoms with E-state index in [1.54, 1.807) is 10.9 Å². The number of nitrogens with one attached hydrogen (secondary N) is 2. The maximum atomic E-state index is 11.5. The number of nitro groups is 1. The SMILES string of the molecule is O=C1COc2cc([N+](=O)[O-])c(NCc3ccccc3-n3cccn3)cc2N1. The highest BCUT2D eigenvalue weighted by Gasteiger charge is 2.23. The molecule has 2 aromatic carbocycles. The minimum Gasteiger partial charge on any atom is -0.481 e. The summed E-state index contributed by atoms with van der Waals surface area (Å²) >= 11 is 0. The second-order valence-electron chi connectivity index (χ2n) is 5.89. The van der Waals surface area contributed by atoms with Crippen LogP contribution in [0.3, 0.4) is 0 Å². The van der Waals surface area contributed by atoms with Crippen molar-refractivity contribution in [2.24, 2.45) is 0 Å². The molecule has 1 aliphatic heterocycles. The van der Waals surface area contributed by atoms with Crippen LogP contribution in [0, 0.1) is 10.1 Å². The first-order valence-electron chi connectivity index (χ1n) is 8.19. The quantitative estimate of drug-likeness (QED) is 0.531. The normalized spacial score (nSPS) is 12.7. The summed E-state index contributed by atoms with van der Waals surface area (Å²) in [5, 5.41) is 21.4. The second-order valence-corrected chi connectivity index (χ2v) is 5.89. The molecule has 0 bridgehead atoms. The van der Waals surface area contributed by atoms with Crippen molar-refractivity contribution in [2.75, 3.05) is 17.2 Å². The van der Waals surface area contributed by atoms with Crippen LogP contribution < -0.4 is 15.4 Å². The molecule has 0 aliphatic carbocycles. The van der Waals surface area contributed by atoms with Crippen LogP contribution in [0.15, 0.2) is 54.9 Å². The van der Waals surface area contributed by atoms with E-state index in [1.165, 1.54) is 12.1 Å². The number of carbonyl (C=O) groups excluding carboxylic acids is 1. The van der Waals surface area contributed by atoms with Crippen LogP contribution >= 0.6 is 0 Å². The Bertz CT molecular complexity index is 1020. The zero-order valence-electron chi connectivity index (χ0n) is 14.1. The van der Waals surface area contributed by atoms with Gasteiger partial charge in [0.15, 0.2) is 12.4 Å². The number of hydrogen-bond acceptors (Lipinski definition) is 6. The summed E-state index contributed by atoms with van der Waals surface area (Å²) in [7, 11) is 0. The van der Waals surface area contributed by atoms with Crippen LogP contribution in [0.5, 0.6) is 5.75 Å². The number of aromatic nitrogens is 2. The Kier molecular flexibility index (Phi) is 4.17. The summed E-state index contributed by atoms with van der Waals surface area (Å²) in [5.74, 6) is -0.0184. The van der Waals surface area contributed by atoms with Crippen LogP contribution in [0.4, 0.5) is 17.1 Å². The van der Waals surface area contributed by atoms with Crippen molar-refractivity contribution in [3.05, 3.63) is 70.5 Å². The molecule has 0 atom stereocenters. The molecule has 0 radical (unpaired) electrons. The molecule has 4 rings (SSSR count). The highest BCUT2D eigenvalue weighted by atomic mass is 16.6. The Morgan fingerprint density at radius 1 is 1.30 bits per heavy atom. The topological polar surface area (TPSA) is 111 Å². The van der Waals surface area contributed by atoms with E-state index < -0.39 is 4.92 Å². The molecule has 9 nitrogen and oxygen atoms in total. The fourth-order valence-corrected chi connectivity index (χ4v) is 2.89. The zero-order chi connectivity index (χ0) is 18.8. The molecule has 0 saturated carbocycles. The largest absolute Gasteiger partial charge is 0.481 e. The Morgan fingerprint density at radius 2 is 2.15 bits per heavy atom. The fraction of sp³-hybridized carbons (Fsp3) is 0.111. The van der Waals surface area contributed by atoms with Gasteiger partial charge in [-0.05, 0) is 23.8 Å². The Labute approximate surface area is 153 Å². The zero-order valence-corrected chi connectivity index (χ0v) is 14.1. The Hall–Kier alpha value is -3.88. The van der Waals surface area contributed by atoms with Crippen molar-refractivity contribution >= 4 is 23.0 Å². The molecular weight excluding hydrogens is 350 g/mol. The van der Waals surface area contributed by atoms with Gasteiger partial charge in [-0.3, -0.25) is 14.9 Å². The molecule has 2 heterocycles. The molecule has 3 aromatic rings. The van der Waals surface area contributed by atoms with Gasteiger partial charge in [0.1, 0.15) is 5.69 Å². The van der Waals surface area contributed by atoms with E-state index in [9.17, 15) is 14.9 Å². The van der Waals surface area contributed by atoms with Crippen LogP contribution in [0.2, 0.25) is 0 Å². The van der Waals surface area contributed by atoms with Crippen molar-refractivity contribution < 1.29 is 14.5 Å². The van der Waals surface area contributed by atoms with Gasteiger partial charge in [-0.1, -0.05) is 18.2 Å². The molecule has 136 valence electrons. The van der Waals surface area contributed by atoms with E-state index in [-0.39, 0.29) is 24.0 Å². The lowest BCUT2D eigenvalue weighted by Gasteiger charge is -2.19. The second kappa shape index (κ2) is 6.79. The van der Waals surface area contributed by atoms with Gasteiger partial charge in [-0.15, -0.1) is 0 Å². The van der Waals surface area contributed by atoms with Gasteiger partial charge in [0.05, 0.1) is 22.4 Å². The third-order valence-electron chi connectivity index (χ3n) is 4.14. The third kappa shape index (κ3) is 3.30. The Balaban J connectivity index is 1.65. The predicted molar refractivity (Wildman–Crippen MR) is 98.1 cm³/mol. The van der Waals surface area contributed by atoms with E-state index >= 15 is 0 Å². The molecule has 9 heteroatoms. The molecule has 27 heavy (non-hydrogen) atoms. The van der Waals surface area contributed by atoms with Crippen LogP contribution in [-0.4, -0.2) is 27.2 Å². The number of hydrogen-bond donors (Lipinski definition) is 2. The monoisotopic (exact) mass is 365 g/mol. The maximum absolute atomic E-state index is 11.5. The standard InChI is InChI=1S/C18H15N5O4/c24-18-11-27-17-9-16(23(25)26)13(8-14(17)21-18)19-10-12-4-1-2-5-15(12)22-7-3-6-20-22/h1-9,19H,10-11H2,(H,21,24). The lowest BCUT2D eigenvalue weighted by Crippen LogP contribution is -2.25. The first-order chi connectivity index (χ1) is 13.1. The van der Waals surface area contributed by atoms with Gasteiger partial charge >= 0.3 is 0 Å². The van der Waals surface area contributed by atoms with E-state index in [0.717, 1.165) is 11.3 Å². The fourth-order valence-electron chi connectivity index (χ4n) is 2.89. The smallest absolute Gasteiger partial charge is 0.296 e. The predicted octanol–water partition coefficient (Wildman–Crippen LogP) is 2.72. The van der Waals surface area contributed by atoms with E-state index in [2.05, 4.69) is 15.7 Å².